The lowest BCUT2D eigenvalue weighted by atomic mass is 10.2. The van der Waals surface area contributed by atoms with Crippen LogP contribution < -0.4 is 16.6 Å². The van der Waals surface area contributed by atoms with Crippen LogP contribution in [0.1, 0.15) is 12.6 Å². The first-order chi connectivity index (χ1) is 7.45. The molecule has 8 heteroatoms. The summed E-state index contributed by atoms with van der Waals surface area (Å²) < 4.78 is 4.33. The lowest BCUT2D eigenvalue weighted by molar-refractivity contribution is 0.186. The molecular formula is C8H11N5O3. The van der Waals surface area contributed by atoms with Crippen molar-refractivity contribution >= 4 is 23.4 Å². The number of nitrogen functional groups attached to an aromatic ring is 1. The van der Waals surface area contributed by atoms with Crippen LogP contribution in [0.25, 0.3) is 0 Å². The monoisotopic (exact) mass is 225 g/mol. The maximum Gasteiger partial charge on any atom is 0.413 e. The zero-order valence-electron chi connectivity index (χ0n) is 8.75. The second-order valence-corrected chi connectivity index (χ2v) is 2.92. The molecule has 86 valence electrons. The molecule has 16 heavy (non-hydrogen) atoms. The van der Waals surface area contributed by atoms with Gasteiger partial charge in [0, 0.05) is 0 Å². The van der Waals surface area contributed by atoms with Gasteiger partial charge in [-0.25, -0.2) is 9.78 Å². The molecule has 0 atom stereocenters. The summed E-state index contributed by atoms with van der Waals surface area (Å²) in [4.78, 5) is 28.2. The molecule has 1 heterocycles. The average molecular weight is 225 g/mol. The van der Waals surface area contributed by atoms with Crippen LogP contribution >= 0.6 is 0 Å². The van der Waals surface area contributed by atoms with Crippen molar-refractivity contribution in [1.82, 2.24) is 9.97 Å². The van der Waals surface area contributed by atoms with Crippen molar-refractivity contribution in [2.24, 2.45) is 0 Å². The summed E-state index contributed by atoms with van der Waals surface area (Å²) in [7, 11) is 1.17. The van der Waals surface area contributed by atoms with Crippen molar-refractivity contribution in [3.05, 3.63) is 16.0 Å². The van der Waals surface area contributed by atoms with Crippen molar-refractivity contribution in [2.75, 3.05) is 18.2 Å². The minimum Gasteiger partial charge on any atom is -0.453 e. The number of nitrogens with one attached hydrogen (secondary N) is 3. The Labute approximate surface area is 90.3 Å². The summed E-state index contributed by atoms with van der Waals surface area (Å²) in [6.45, 7) is 1.43. The predicted molar refractivity (Wildman–Crippen MR) is 57.8 cm³/mol. The van der Waals surface area contributed by atoms with Crippen LogP contribution in [0, 0.1) is 5.41 Å². The summed E-state index contributed by atoms with van der Waals surface area (Å²) in [5, 5.41) is 9.53. The van der Waals surface area contributed by atoms with Gasteiger partial charge in [-0.15, -0.1) is 0 Å². The number of rotatable bonds is 2. The van der Waals surface area contributed by atoms with Crippen molar-refractivity contribution in [3.63, 3.8) is 0 Å². The fourth-order valence-corrected chi connectivity index (χ4v) is 0.975. The van der Waals surface area contributed by atoms with E-state index in [0.29, 0.717) is 0 Å². The number of carbonyl (C=O) groups is 1. The Bertz CT molecular complexity index is 493. The summed E-state index contributed by atoms with van der Waals surface area (Å²) in [6.07, 6.45) is -0.776. The molecule has 0 unspecified atom stereocenters. The normalized spacial score (nSPS) is 9.62. The van der Waals surface area contributed by atoms with Gasteiger partial charge in [0.25, 0.3) is 5.56 Å². The smallest absolute Gasteiger partial charge is 0.413 e. The second kappa shape index (κ2) is 4.43. The molecule has 0 aliphatic rings. The maximum atomic E-state index is 11.3. The molecule has 0 radical (unpaired) electrons. The summed E-state index contributed by atoms with van der Waals surface area (Å²) in [5.74, 6) is -0.118. The molecule has 0 aliphatic carbocycles. The SMILES string of the molecule is COC(=O)Nc1nc(C(C)=N)c(N)c(=O)[nH]1. The lowest BCUT2D eigenvalue weighted by Crippen LogP contribution is -2.23. The Hall–Kier alpha value is -2.38. The number of aromatic amines is 1. The standard InChI is InChI=1S/C8H11N5O3/c1-3(9)5-4(10)6(14)12-7(11-5)13-8(15)16-2/h9H,10H2,1-2H3,(H2,11,12,13,14,15). The Morgan fingerprint density at radius 2 is 2.25 bits per heavy atom. The van der Waals surface area contributed by atoms with Gasteiger partial charge >= 0.3 is 6.09 Å². The first-order valence-electron chi connectivity index (χ1n) is 4.26. The van der Waals surface area contributed by atoms with Gasteiger partial charge in [0.15, 0.2) is 0 Å². The molecule has 8 nitrogen and oxygen atoms in total. The zero-order valence-corrected chi connectivity index (χ0v) is 8.75. The van der Waals surface area contributed by atoms with E-state index < -0.39 is 11.7 Å². The fourth-order valence-electron chi connectivity index (χ4n) is 0.975. The Morgan fingerprint density at radius 3 is 2.75 bits per heavy atom. The Morgan fingerprint density at radius 1 is 1.62 bits per heavy atom. The number of anilines is 2. The molecule has 1 rings (SSSR count). The van der Waals surface area contributed by atoms with Crippen molar-refractivity contribution < 1.29 is 9.53 Å². The predicted octanol–water partition coefficient (Wildman–Crippen LogP) is -0.0818. The van der Waals surface area contributed by atoms with E-state index in [1.54, 1.807) is 0 Å². The number of carbonyl (C=O) groups excluding carboxylic acids is 1. The minimum absolute atomic E-state index is 0.0233. The number of nitrogens with zero attached hydrogens (tertiary/aromatic N) is 1. The Balaban J connectivity index is 3.19. The van der Waals surface area contributed by atoms with Gasteiger partial charge in [0.2, 0.25) is 5.95 Å². The number of hydrogen-bond donors (Lipinski definition) is 4. The van der Waals surface area contributed by atoms with Gasteiger partial charge in [0.1, 0.15) is 11.4 Å². The van der Waals surface area contributed by atoms with Crippen LogP contribution in [0.4, 0.5) is 16.4 Å². The van der Waals surface area contributed by atoms with Crippen molar-refractivity contribution in [3.8, 4) is 0 Å². The topological polar surface area (TPSA) is 134 Å². The minimum atomic E-state index is -0.776. The molecule has 0 saturated heterocycles. The van der Waals surface area contributed by atoms with E-state index in [-0.39, 0.29) is 23.0 Å². The molecular weight excluding hydrogens is 214 g/mol. The largest absolute Gasteiger partial charge is 0.453 e. The van der Waals surface area contributed by atoms with Crippen LogP contribution in [-0.4, -0.2) is 28.9 Å². The van der Waals surface area contributed by atoms with Gasteiger partial charge in [0.05, 0.1) is 12.8 Å². The van der Waals surface area contributed by atoms with Crippen LogP contribution in [0.5, 0.6) is 0 Å². The van der Waals surface area contributed by atoms with E-state index in [9.17, 15) is 9.59 Å². The second-order valence-electron chi connectivity index (χ2n) is 2.92. The molecule has 5 N–H and O–H groups in total. The molecule has 0 aliphatic heterocycles. The van der Waals surface area contributed by atoms with Crippen LogP contribution in [0.15, 0.2) is 4.79 Å². The van der Waals surface area contributed by atoms with E-state index in [1.165, 1.54) is 14.0 Å². The first kappa shape index (κ1) is 11.7. The highest BCUT2D eigenvalue weighted by Gasteiger charge is 2.11. The number of ether oxygens (including phenoxy) is 1. The summed E-state index contributed by atoms with van der Waals surface area (Å²) in [6, 6.07) is 0. The zero-order chi connectivity index (χ0) is 12.3. The molecule has 0 spiro atoms. The quantitative estimate of drug-likeness (QED) is 0.522. The van der Waals surface area contributed by atoms with Gasteiger partial charge < -0.3 is 15.9 Å². The van der Waals surface area contributed by atoms with Gasteiger partial charge in [-0.1, -0.05) is 0 Å². The number of H-pyrrole nitrogens is 1. The number of aromatic nitrogens is 2. The lowest BCUT2D eigenvalue weighted by Gasteiger charge is -2.06. The maximum absolute atomic E-state index is 11.3. The van der Waals surface area contributed by atoms with Gasteiger partial charge in [-0.05, 0) is 6.92 Å². The van der Waals surface area contributed by atoms with Crippen LogP contribution in [0.3, 0.4) is 0 Å². The number of nitrogens with two attached hydrogens (primary N) is 1. The number of amides is 1. The third-order valence-electron chi connectivity index (χ3n) is 1.72. The first-order valence-corrected chi connectivity index (χ1v) is 4.26. The number of hydrogen-bond acceptors (Lipinski definition) is 6. The van der Waals surface area contributed by atoms with Gasteiger partial charge in [-0.2, -0.15) is 0 Å². The third kappa shape index (κ3) is 2.35. The highest BCUT2D eigenvalue weighted by atomic mass is 16.5. The van der Waals surface area contributed by atoms with E-state index in [1.807, 2.05) is 0 Å². The van der Waals surface area contributed by atoms with Crippen LogP contribution in [0.2, 0.25) is 0 Å². The highest BCUT2D eigenvalue weighted by Crippen LogP contribution is 2.06. The molecule has 0 saturated carbocycles. The van der Waals surface area contributed by atoms with Crippen molar-refractivity contribution in [1.29, 1.82) is 5.41 Å². The molecule has 1 aromatic heterocycles. The van der Waals surface area contributed by atoms with E-state index in [2.05, 4.69) is 20.0 Å². The molecule has 0 bridgehead atoms. The number of methoxy groups -OCH3 is 1. The molecule has 0 aromatic carbocycles. The third-order valence-corrected chi connectivity index (χ3v) is 1.72. The summed E-state index contributed by atoms with van der Waals surface area (Å²) >= 11 is 0. The Kier molecular flexibility index (Phi) is 3.24. The fraction of sp³-hybridized carbons (Fsp3) is 0.250. The molecule has 1 aromatic rings. The van der Waals surface area contributed by atoms with E-state index in [0.717, 1.165) is 0 Å². The van der Waals surface area contributed by atoms with Crippen molar-refractivity contribution in [2.45, 2.75) is 6.92 Å². The summed E-state index contributed by atoms with van der Waals surface area (Å²) in [5.41, 5.74) is 4.69. The van der Waals surface area contributed by atoms with E-state index in [4.69, 9.17) is 11.1 Å². The van der Waals surface area contributed by atoms with Crippen LogP contribution in [-0.2, 0) is 4.74 Å². The molecule has 0 fully saturated rings. The van der Waals surface area contributed by atoms with Gasteiger partial charge in [-0.3, -0.25) is 15.1 Å². The molecule has 1 amide bonds. The van der Waals surface area contributed by atoms with E-state index >= 15 is 0 Å². The average Bonchev–Trinajstić information content (AvgIpc) is 2.22. The highest BCUT2D eigenvalue weighted by molar-refractivity contribution is 5.99.